The topological polar surface area (TPSA) is 64.6 Å². The lowest BCUT2D eigenvalue weighted by molar-refractivity contribution is 0.468. The Morgan fingerprint density at radius 2 is 2.22 bits per heavy atom. The van der Waals surface area contributed by atoms with E-state index in [0.717, 1.165) is 0 Å². The average Bonchev–Trinajstić information content (AvgIpc) is 1.77. The number of halogens is 1. The summed E-state index contributed by atoms with van der Waals surface area (Å²) in [6.07, 6.45) is 1.60. The molecule has 3 nitrogen and oxygen atoms in total. The third kappa shape index (κ3) is 1.99. The average molecular weight is 192 g/mol. The number of hydrogen-bond donors (Lipinski definition) is 1. The molecule has 0 aromatic carbocycles. The lowest BCUT2D eigenvalue weighted by Gasteiger charge is -1.89. The molecular formula is C5H6BrNO2. The molecule has 0 spiro atoms. The fourth-order valence-corrected chi connectivity index (χ4v) is 0.628. The first-order valence-corrected chi connectivity index (χ1v) is 2.89. The van der Waals surface area contributed by atoms with E-state index < -0.39 is 0 Å². The van der Waals surface area contributed by atoms with E-state index in [0.29, 0.717) is 4.60 Å². The highest BCUT2D eigenvalue weighted by atomic mass is 79.9. The summed E-state index contributed by atoms with van der Waals surface area (Å²) >= 11 is 3.03. The van der Waals surface area contributed by atoms with Gasteiger partial charge in [-0.1, -0.05) is 0 Å². The first kappa shape index (κ1) is 8.39. The van der Waals surface area contributed by atoms with E-state index in [-0.39, 0.29) is 11.2 Å². The molecule has 0 aliphatic rings. The van der Waals surface area contributed by atoms with Gasteiger partial charge in [0.15, 0.2) is 0 Å². The summed E-state index contributed by atoms with van der Waals surface area (Å²) in [4.78, 5) is 3.75. The quantitative estimate of drug-likeness (QED) is 0.615. The molecule has 9 heavy (non-hydrogen) atoms. The summed E-state index contributed by atoms with van der Waals surface area (Å²) in [5, 5.41) is 8.81. The Morgan fingerprint density at radius 3 is 2.56 bits per heavy atom. The summed E-state index contributed by atoms with van der Waals surface area (Å²) in [5.41, 5.74) is 0. The second kappa shape index (κ2) is 3.42. The van der Waals surface area contributed by atoms with Gasteiger partial charge in [-0.3, -0.25) is 0 Å². The Morgan fingerprint density at radius 1 is 1.56 bits per heavy atom. The lowest BCUT2D eigenvalue weighted by atomic mass is 10.5. The van der Waals surface area contributed by atoms with E-state index in [2.05, 4.69) is 20.9 Å². The smallest absolute Gasteiger partial charge is 0.148 e. The van der Waals surface area contributed by atoms with E-state index in [4.69, 9.17) is 5.11 Å². The van der Waals surface area contributed by atoms with Crippen molar-refractivity contribution < 1.29 is 10.6 Å². The zero-order valence-electron chi connectivity index (χ0n) is 4.50. The van der Waals surface area contributed by atoms with Crippen LogP contribution in [-0.4, -0.2) is 15.6 Å². The van der Waals surface area contributed by atoms with Gasteiger partial charge in [-0.25, -0.2) is 4.98 Å². The summed E-state index contributed by atoms with van der Waals surface area (Å²) in [5.74, 6) is 0.174. The number of pyridine rings is 1. The molecular weight excluding hydrogens is 186 g/mol. The second-order valence-electron chi connectivity index (χ2n) is 1.31. The van der Waals surface area contributed by atoms with Crippen LogP contribution in [0.5, 0.6) is 5.75 Å². The summed E-state index contributed by atoms with van der Waals surface area (Å²) in [6, 6.07) is 3.23. The standard InChI is InChI=1S/C5H4BrNO.H2O/c6-5-4(8)2-1-3-7-5;/h1-3,8H;1H2. The third-order valence-electron chi connectivity index (χ3n) is 0.739. The highest BCUT2D eigenvalue weighted by Crippen LogP contribution is 2.17. The molecule has 3 N–H and O–H groups in total. The van der Waals surface area contributed by atoms with Crippen molar-refractivity contribution in [2.45, 2.75) is 0 Å². The van der Waals surface area contributed by atoms with Gasteiger partial charge in [-0.2, -0.15) is 0 Å². The fraction of sp³-hybridized carbons (Fsp3) is 0. The first-order chi connectivity index (χ1) is 3.80. The van der Waals surface area contributed by atoms with Crippen LogP contribution in [0.25, 0.3) is 0 Å². The predicted octanol–water partition coefficient (Wildman–Crippen LogP) is 0.725. The molecule has 1 heterocycles. The van der Waals surface area contributed by atoms with Crippen molar-refractivity contribution in [3.63, 3.8) is 0 Å². The number of hydrogen-bond acceptors (Lipinski definition) is 2. The maximum atomic E-state index is 8.81. The number of rotatable bonds is 0. The minimum atomic E-state index is 0. The van der Waals surface area contributed by atoms with E-state index in [1.807, 2.05) is 0 Å². The molecule has 0 bridgehead atoms. The Bertz CT molecular complexity index is 171. The van der Waals surface area contributed by atoms with Crippen molar-refractivity contribution in [2.75, 3.05) is 0 Å². The summed E-state index contributed by atoms with van der Waals surface area (Å²) < 4.78 is 0.486. The molecule has 0 unspecified atom stereocenters. The van der Waals surface area contributed by atoms with Gasteiger partial charge >= 0.3 is 0 Å². The van der Waals surface area contributed by atoms with E-state index in [9.17, 15) is 0 Å². The Labute approximate surface area is 60.8 Å². The number of aromatic nitrogens is 1. The van der Waals surface area contributed by atoms with Crippen LogP contribution in [0.15, 0.2) is 22.9 Å². The highest BCUT2D eigenvalue weighted by molar-refractivity contribution is 9.10. The maximum Gasteiger partial charge on any atom is 0.148 e. The second-order valence-corrected chi connectivity index (χ2v) is 2.06. The van der Waals surface area contributed by atoms with Crippen molar-refractivity contribution in [3.05, 3.63) is 22.9 Å². The largest absolute Gasteiger partial charge is 0.505 e. The van der Waals surface area contributed by atoms with Gasteiger partial charge in [0, 0.05) is 6.20 Å². The van der Waals surface area contributed by atoms with Gasteiger partial charge in [0.1, 0.15) is 10.4 Å². The Balaban J connectivity index is 0.000000640. The number of nitrogens with zero attached hydrogens (tertiary/aromatic N) is 1. The minimum absolute atomic E-state index is 0. The van der Waals surface area contributed by atoms with Gasteiger partial charge < -0.3 is 10.6 Å². The van der Waals surface area contributed by atoms with Gasteiger partial charge in [-0.05, 0) is 28.1 Å². The molecule has 0 amide bonds. The SMILES string of the molecule is O.Oc1cccnc1Br. The maximum absolute atomic E-state index is 8.81. The molecule has 50 valence electrons. The van der Waals surface area contributed by atoms with Gasteiger partial charge in [0.25, 0.3) is 0 Å². The van der Waals surface area contributed by atoms with Gasteiger partial charge in [-0.15, -0.1) is 0 Å². The molecule has 0 aliphatic carbocycles. The Kier molecular flexibility index (Phi) is 3.19. The van der Waals surface area contributed by atoms with Crippen molar-refractivity contribution in [1.82, 2.24) is 4.98 Å². The van der Waals surface area contributed by atoms with Crippen molar-refractivity contribution in [3.8, 4) is 5.75 Å². The molecule has 1 aromatic rings. The van der Waals surface area contributed by atoms with E-state index in [1.54, 1.807) is 18.3 Å². The number of aromatic hydroxyl groups is 1. The first-order valence-electron chi connectivity index (χ1n) is 2.10. The fourth-order valence-electron chi connectivity index (χ4n) is 0.378. The van der Waals surface area contributed by atoms with Crippen LogP contribution in [0.2, 0.25) is 0 Å². The minimum Gasteiger partial charge on any atom is -0.505 e. The molecule has 0 atom stereocenters. The lowest BCUT2D eigenvalue weighted by Crippen LogP contribution is -1.71. The van der Waals surface area contributed by atoms with Crippen molar-refractivity contribution >= 4 is 15.9 Å². The van der Waals surface area contributed by atoms with E-state index in [1.165, 1.54) is 0 Å². The molecule has 0 saturated heterocycles. The summed E-state index contributed by atoms with van der Waals surface area (Å²) in [6.45, 7) is 0. The molecule has 0 fully saturated rings. The molecule has 0 saturated carbocycles. The Hall–Kier alpha value is -0.610. The van der Waals surface area contributed by atoms with Crippen molar-refractivity contribution in [2.24, 2.45) is 0 Å². The zero-order valence-corrected chi connectivity index (χ0v) is 6.09. The van der Waals surface area contributed by atoms with Gasteiger partial charge in [0.05, 0.1) is 0 Å². The van der Waals surface area contributed by atoms with Gasteiger partial charge in [0.2, 0.25) is 0 Å². The van der Waals surface area contributed by atoms with E-state index >= 15 is 0 Å². The predicted molar refractivity (Wildman–Crippen MR) is 37.2 cm³/mol. The van der Waals surface area contributed by atoms with Crippen LogP contribution in [-0.2, 0) is 0 Å². The molecule has 0 radical (unpaired) electrons. The monoisotopic (exact) mass is 191 g/mol. The molecule has 4 heteroatoms. The summed E-state index contributed by atoms with van der Waals surface area (Å²) in [7, 11) is 0. The molecule has 0 aliphatic heterocycles. The van der Waals surface area contributed by atoms with Crippen LogP contribution in [0, 0.1) is 0 Å². The van der Waals surface area contributed by atoms with Crippen LogP contribution < -0.4 is 0 Å². The van der Waals surface area contributed by atoms with Crippen LogP contribution in [0.1, 0.15) is 0 Å². The third-order valence-corrected chi connectivity index (χ3v) is 1.35. The normalized spacial score (nSPS) is 8.11. The zero-order chi connectivity index (χ0) is 5.98. The van der Waals surface area contributed by atoms with Crippen LogP contribution in [0.4, 0.5) is 0 Å². The van der Waals surface area contributed by atoms with Crippen LogP contribution in [0.3, 0.4) is 0 Å². The molecule has 1 rings (SSSR count). The highest BCUT2D eigenvalue weighted by Gasteiger charge is 1.91. The van der Waals surface area contributed by atoms with Crippen LogP contribution >= 0.6 is 15.9 Å². The van der Waals surface area contributed by atoms with Crippen molar-refractivity contribution in [1.29, 1.82) is 0 Å². The molecule has 1 aromatic heterocycles.